The average molecular weight is 212 g/mol. The summed E-state index contributed by atoms with van der Waals surface area (Å²) in [5.41, 5.74) is 1.98. The smallest absolute Gasteiger partial charge is 0.357 e. The van der Waals surface area contributed by atoms with Gasteiger partial charge in [0.15, 0.2) is 5.69 Å². The van der Waals surface area contributed by atoms with Crippen molar-refractivity contribution in [3.63, 3.8) is 0 Å². The molecule has 2 N–H and O–H groups in total. The molecule has 0 aromatic carbocycles. The van der Waals surface area contributed by atoms with E-state index in [-0.39, 0.29) is 5.69 Å². The van der Waals surface area contributed by atoms with Crippen LogP contribution in [0.4, 0.5) is 5.00 Å². The Morgan fingerprint density at radius 2 is 2.43 bits per heavy atom. The highest BCUT2D eigenvalue weighted by molar-refractivity contribution is 7.14. The van der Waals surface area contributed by atoms with Crippen molar-refractivity contribution >= 4 is 22.3 Å². The molecule has 1 aliphatic carbocycles. The summed E-state index contributed by atoms with van der Waals surface area (Å²) in [6.07, 6.45) is 1.09. The number of rotatable bonds is 3. The summed E-state index contributed by atoms with van der Waals surface area (Å²) in [5, 5.41) is 12.7. The molecule has 14 heavy (non-hydrogen) atoms. The van der Waals surface area contributed by atoms with Gasteiger partial charge < -0.3 is 10.4 Å². The lowest BCUT2D eigenvalue weighted by Crippen LogP contribution is -2.10. The van der Waals surface area contributed by atoms with Crippen molar-refractivity contribution in [1.29, 1.82) is 0 Å². The third kappa shape index (κ3) is 1.59. The first kappa shape index (κ1) is 9.45. The van der Waals surface area contributed by atoms with Crippen LogP contribution in [0.25, 0.3) is 0 Å². The highest BCUT2D eigenvalue weighted by Crippen LogP contribution is 2.47. The summed E-state index contributed by atoms with van der Waals surface area (Å²) in [6.45, 7) is 4.32. The quantitative estimate of drug-likeness (QED) is 0.805. The van der Waals surface area contributed by atoms with E-state index in [0.29, 0.717) is 16.5 Å². The van der Waals surface area contributed by atoms with Crippen molar-refractivity contribution < 1.29 is 9.90 Å². The first-order valence-electron chi connectivity index (χ1n) is 4.44. The van der Waals surface area contributed by atoms with Crippen molar-refractivity contribution in [2.75, 3.05) is 5.32 Å². The van der Waals surface area contributed by atoms with E-state index in [1.54, 1.807) is 5.51 Å². The molecule has 4 nitrogen and oxygen atoms in total. The predicted molar refractivity (Wildman–Crippen MR) is 54.9 cm³/mol. The molecule has 0 spiro atoms. The van der Waals surface area contributed by atoms with Crippen LogP contribution in [0.15, 0.2) is 5.51 Å². The maximum atomic E-state index is 10.8. The van der Waals surface area contributed by atoms with E-state index >= 15 is 0 Å². The number of hydrogen-bond donors (Lipinski definition) is 2. The Bertz CT molecular complexity index is 373. The average Bonchev–Trinajstić information content (AvgIpc) is 2.52. The van der Waals surface area contributed by atoms with E-state index in [1.807, 2.05) is 0 Å². The lowest BCUT2D eigenvalue weighted by Gasteiger charge is -2.05. The first-order chi connectivity index (χ1) is 6.50. The Labute approximate surface area is 86.0 Å². The van der Waals surface area contributed by atoms with Gasteiger partial charge in [-0.15, -0.1) is 11.3 Å². The molecule has 1 unspecified atom stereocenters. The van der Waals surface area contributed by atoms with Crippen LogP contribution >= 0.6 is 11.3 Å². The van der Waals surface area contributed by atoms with Crippen LogP contribution in [0.3, 0.4) is 0 Å². The molecule has 0 aliphatic heterocycles. The molecule has 2 rings (SSSR count). The fourth-order valence-corrected chi connectivity index (χ4v) is 2.10. The van der Waals surface area contributed by atoms with E-state index in [2.05, 4.69) is 24.1 Å². The Morgan fingerprint density at radius 1 is 1.79 bits per heavy atom. The maximum Gasteiger partial charge on any atom is 0.357 e. The van der Waals surface area contributed by atoms with Crippen LogP contribution in [0.1, 0.15) is 30.8 Å². The number of carboxylic acid groups (broad SMARTS) is 1. The molecule has 1 saturated carbocycles. The largest absolute Gasteiger partial charge is 0.476 e. The Morgan fingerprint density at radius 3 is 2.93 bits per heavy atom. The third-order valence-electron chi connectivity index (χ3n) is 2.59. The molecule has 0 radical (unpaired) electrons. The van der Waals surface area contributed by atoms with Crippen molar-refractivity contribution in [2.24, 2.45) is 5.41 Å². The zero-order valence-corrected chi connectivity index (χ0v) is 8.89. The van der Waals surface area contributed by atoms with Gasteiger partial charge >= 0.3 is 5.97 Å². The number of nitrogens with one attached hydrogen (secondary N) is 1. The van der Waals surface area contributed by atoms with Crippen molar-refractivity contribution in [3.05, 3.63) is 11.2 Å². The summed E-state index contributed by atoms with van der Waals surface area (Å²) in [5.74, 6) is -0.966. The monoisotopic (exact) mass is 212 g/mol. The van der Waals surface area contributed by atoms with Crippen LogP contribution in [0.2, 0.25) is 0 Å². The molecule has 1 fully saturated rings. The second kappa shape index (κ2) is 2.95. The zero-order chi connectivity index (χ0) is 10.3. The lowest BCUT2D eigenvalue weighted by molar-refractivity contribution is 0.0692. The second-order valence-corrected chi connectivity index (χ2v) is 5.08. The Hall–Kier alpha value is -1.10. The molecule has 0 amide bonds. The second-order valence-electron chi connectivity index (χ2n) is 4.22. The summed E-state index contributed by atoms with van der Waals surface area (Å²) in [7, 11) is 0. The molecule has 0 saturated heterocycles. The molecule has 76 valence electrons. The molecule has 1 aliphatic rings. The van der Waals surface area contributed by atoms with E-state index in [0.717, 1.165) is 6.42 Å². The van der Waals surface area contributed by atoms with Crippen LogP contribution in [-0.4, -0.2) is 22.1 Å². The lowest BCUT2D eigenvalue weighted by atomic mass is 10.2. The number of anilines is 1. The highest BCUT2D eigenvalue weighted by Gasteiger charge is 2.46. The molecular formula is C9H12N2O2S. The number of aromatic carboxylic acids is 1. The number of aromatic nitrogens is 1. The molecule has 1 atom stereocenters. The number of carbonyl (C=O) groups is 1. The van der Waals surface area contributed by atoms with Gasteiger partial charge in [0.25, 0.3) is 0 Å². The number of nitrogens with zero attached hydrogens (tertiary/aromatic N) is 1. The summed E-state index contributed by atoms with van der Waals surface area (Å²) in [6, 6.07) is 0.390. The molecule has 1 heterocycles. The van der Waals surface area contributed by atoms with Crippen LogP contribution in [-0.2, 0) is 0 Å². The normalized spacial score (nSPS) is 23.1. The van der Waals surface area contributed by atoms with Crippen molar-refractivity contribution in [1.82, 2.24) is 4.98 Å². The van der Waals surface area contributed by atoms with Gasteiger partial charge in [0.2, 0.25) is 0 Å². The topological polar surface area (TPSA) is 62.2 Å². The zero-order valence-electron chi connectivity index (χ0n) is 8.07. The van der Waals surface area contributed by atoms with Gasteiger partial charge in [-0.25, -0.2) is 9.78 Å². The first-order valence-corrected chi connectivity index (χ1v) is 5.32. The van der Waals surface area contributed by atoms with Crippen molar-refractivity contribution in [2.45, 2.75) is 26.3 Å². The van der Waals surface area contributed by atoms with E-state index in [4.69, 9.17) is 5.11 Å². The SMILES string of the molecule is CC1(C)CC1Nc1scnc1C(=O)O. The van der Waals surface area contributed by atoms with Gasteiger partial charge in [-0.1, -0.05) is 13.8 Å². The van der Waals surface area contributed by atoms with Crippen LogP contribution < -0.4 is 5.32 Å². The Kier molecular flexibility index (Phi) is 1.99. The molecule has 1 aromatic heterocycles. The number of hydrogen-bond acceptors (Lipinski definition) is 4. The molecule has 0 bridgehead atoms. The minimum absolute atomic E-state index is 0.137. The van der Waals surface area contributed by atoms with Gasteiger partial charge in [-0.05, 0) is 11.8 Å². The highest BCUT2D eigenvalue weighted by atomic mass is 32.1. The van der Waals surface area contributed by atoms with Gasteiger partial charge in [-0.3, -0.25) is 0 Å². The molecule has 1 aromatic rings. The van der Waals surface area contributed by atoms with E-state index in [9.17, 15) is 4.79 Å². The molecule has 5 heteroatoms. The fourth-order valence-electron chi connectivity index (χ4n) is 1.37. The predicted octanol–water partition coefficient (Wildman–Crippen LogP) is 2.05. The summed E-state index contributed by atoms with van der Waals surface area (Å²) in [4.78, 5) is 14.6. The fraction of sp³-hybridized carbons (Fsp3) is 0.556. The Balaban J connectivity index is 2.10. The number of thiazole rings is 1. The number of carboxylic acids is 1. The minimum Gasteiger partial charge on any atom is -0.476 e. The summed E-state index contributed by atoms with van der Waals surface area (Å²) >= 11 is 1.34. The maximum absolute atomic E-state index is 10.8. The van der Waals surface area contributed by atoms with Crippen LogP contribution in [0, 0.1) is 5.41 Å². The van der Waals surface area contributed by atoms with Gasteiger partial charge in [0.05, 0.1) is 5.51 Å². The summed E-state index contributed by atoms with van der Waals surface area (Å²) < 4.78 is 0. The van der Waals surface area contributed by atoms with Gasteiger partial charge in [0.1, 0.15) is 5.00 Å². The molecular weight excluding hydrogens is 200 g/mol. The van der Waals surface area contributed by atoms with Gasteiger partial charge in [-0.2, -0.15) is 0 Å². The van der Waals surface area contributed by atoms with E-state index < -0.39 is 5.97 Å². The third-order valence-corrected chi connectivity index (χ3v) is 3.35. The van der Waals surface area contributed by atoms with Crippen LogP contribution in [0.5, 0.6) is 0 Å². The standard InChI is InChI=1S/C9H12N2O2S/c1-9(2)3-5(9)11-7-6(8(12)13)10-4-14-7/h4-5,11H,3H2,1-2H3,(H,12,13). The van der Waals surface area contributed by atoms with E-state index in [1.165, 1.54) is 11.3 Å². The minimum atomic E-state index is -0.966. The van der Waals surface area contributed by atoms with Gasteiger partial charge in [0, 0.05) is 6.04 Å². The van der Waals surface area contributed by atoms with Crippen molar-refractivity contribution in [3.8, 4) is 0 Å².